The summed E-state index contributed by atoms with van der Waals surface area (Å²) in [7, 11) is 0. The molecule has 0 radical (unpaired) electrons. The molecule has 0 heterocycles. The van der Waals surface area contributed by atoms with Gasteiger partial charge in [-0.3, -0.25) is 10.1 Å². The average Bonchev–Trinajstić information content (AvgIpc) is 2.56. The Hall–Kier alpha value is -2.43. The van der Waals surface area contributed by atoms with E-state index in [1.807, 2.05) is 19.9 Å². The van der Waals surface area contributed by atoms with E-state index in [-0.39, 0.29) is 17.1 Å². The number of carbonyl (C=O) groups is 1. The fourth-order valence-electron chi connectivity index (χ4n) is 2.04. The van der Waals surface area contributed by atoms with Crippen molar-refractivity contribution in [1.82, 2.24) is 5.32 Å². The molecule has 0 atom stereocenters. The first kappa shape index (κ1) is 18.9. The molecule has 2 aromatic carbocycles. The molecule has 0 aliphatic rings. The van der Waals surface area contributed by atoms with Crippen LogP contribution in [0.1, 0.15) is 29.8 Å². The molecule has 2 N–H and O–H groups in total. The van der Waals surface area contributed by atoms with Crippen LogP contribution in [0.15, 0.2) is 46.9 Å². The number of carbonyl (C=O) groups excluding carboxylic acids is 1. The van der Waals surface area contributed by atoms with Crippen LogP contribution in [0.2, 0.25) is 0 Å². The Labute approximate surface area is 160 Å². The van der Waals surface area contributed by atoms with Crippen molar-refractivity contribution in [2.45, 2.75) is 20.0 Å². The molecule has 5 nitrogen and oxygen atoms in total. The molecule has 2 rings (SSSR count). The number of benzene rings is 2. The van der Waals surface area contributed by atoms with Crippen LogP contribution in [0.25, 0.3) is 0 Å². The Morgan fingerprint density at radius 1 is 1.28 bits per heavy atom. The summed E-state index contributed by atoms with van der Waals surface area (Å²) in [5, 5.41) is 14.6. The molecule has 0 unspecified atom stereocenters. The number of nitrogens with zero attached hydrogens (tertiary/aromatic N) is 1. The van der Waals surface area contributed by atoms with Gasteiger partial charge in [0.15, 0.2) is 5.11 Å². The fraction of sp³-hybridized carbons (Fsp3) is 0.167. The van der Waals surface area contributed by atoms with Crippen molar-refractivity contribution in [3.63, 3.8) is 0 Å². The summed E-state index contributed by atoms with van der Waals surface area (Å²) in [5.74, 6) is 0.0934. The zero-order valence-electron chi connectivity index (χ0n) is 13.7. The van der Waals surface area contributed by atoms with E-state index in [1.165, 1.54) is 0 Å². The third-order valence-electron chi connectivity index (χ3n) is 3.03. The third kappa shape index (κ3) is 5.55. The van der Waals surface area contributed by atoms with Gasteiger partial charge in [-0.25, -0.2) is 0 Å². The smallest absolute Gasteiger partial charge is 0.261 e. The number of rotatable bonds is 4. The van der Waals surface area contributed by atoms with Crippen molar-refractivity contribution in [2.24, 2.45) is 0 Å². The van der Waals surface area contributed by atoms with Crippen molar-refractivity contribution in [2.75, 3.05) is 5.32 Å². The molecule has 7 heteroatoms. The minimum atomic E-state index is -0.383. The van der Waals surface area contributed by atoms with Crippen molar-refractivity contribution in [3.05, 3.63) is 58.1 Å². The molecule has 0 aliphatic carbocycles. The Kier molecular flexibility index (Phi) is 6.51. The van der Waals surface area contributed by atoms with E-state index in [0.29, 0.717) is 22.6 Å². The molecule has 0 saturated heterocycles. The highest BCUT2D eigenvalue weighted by molar-refractivity contribution is 9.10. The van der Waals surface area contributed by atoms with Gasteiger partial charge in [-0.15, -0.1) is 0 Å². The van der Waals surface area contributed by atoms with Crippen LogP contribution in [-0.2, 0) is 0 Å². The molecule has 0 aromatic heterocycles. The van der Waals surface area contributed by atoms with Crippen LogP contribution in [-0.4, -0.2) is 17.1 Å². The van der Waals surface area contributed by atoms with E-state index in [9.17, 15) is 4.79 Å². The number of hydrogen-bond acceptors (Lipinski definition) is 4. The lowest BCUT2D eigenvalue weighted by Crippen LogP contribution is -2.34. The Balaban J connectivity index is 2.12. The quantitative estimate of drug-likeness (QED) is 0.727. The fourth-order valence-corrected chi connectivity index (χ4v) is 2.61. The number of halogens is 1. The van der Waals surface area contributed by atoms with Gasteiger partial charge >= 0.3 is 0 Å². The number of thiocarbonyl (C=S) groups is 1. The minimum absolute atomic E-state index is 0.0634. The zero-order chi connectivity index (χ0) is 18.4. The molecule has 0 fully saturated rings. The summed E-state index contributed by atoms with van der Waals surface area (Å²) < 4.78 is 6.43. The molecular formula is C18H16BrN3O2S. The van der Waals surface area contributed by atoms with Crippen molar-refractivity contribution >= 4 is 44.9 Å². The summed E-state index contributed by atoms with van der Waals surface area (Å²) in [5.41, 5.74) is 1.49. The van der Waals surface area contributed by atoms with Gasteiger partial charge in [-0.2, -0.15) is 5.26 Å². The summed E-state index contributed by atoms with van der Waals surface area (Å²) in [6.07, 6.45) is -0.0634. The predicted molar refractivity (Wildman–Crippen MR) is 105 cm³/mol. The summed E-state index contributed by atoms with van der Waals surface area (Å²) in [6, 6.07) is 14.1. The van der Waals surface area contributed by atoms with Crippen LogP contribution < -0.4 is 15.4 Å². The maximum absolute atomic E-state index is 12.5. The van der Waals surface area contributed by atoms with Crippen molar-refractivity contribution in [1.29, 1.82) is 5.26 Å². The zero-order valence-corrected chi connectivity index (χ0v) is 16.1. The second-order valence-corrected chi connectivity index (χ2v) is 6.73. The van der Waals surface area contributed by atoms with Crippen LogP contribution >= 0.6 is 28.1 Å². The first-order valence-electron chi connectivity index (χ1n) is 7.47. The molecule has 1 amide bonds. The molecular weight excluding hydrogens is 402 g/mol. The monoisotopic (exact) mass is 417 g/mol. The molecule has 0 aliphatic heterocycles. The summed E-state index contributed by atoms with van der Waals surface area (Å²) in [6.45, 7) is 3.77. The Bertz CT molecular complexity index is 846. The first-order chi connectivity index (χ1) is 11.9. The van der Waals surface area contributed by atoms with Gasteiger partial charge in [0, 0.05) is 10.2 Å². The maximum Gasteiger partial charge on any atom is 0.261 e. The van der Waals surface area contributed by atoms with Crippen LogP contribution in [0.5, 0.6) is 5.75 Å². The van der Waals surface area contributed by atoms with E-state index < -0.39 is 0 Å². The topological polar surface area (TPSA) is 74.2 Å². The number of nitrogens with one attached hydrogen (secondary N) is 2. The van der Waals surface area contributed by atoms with E-state index >= 15 is 0 Å². The van der Waals surface area contributed by atoms with Crippen molar-refractivity contribution in [3.8, 4) is 11.8 Å². The van der Waals surface area contributed by atoms with E-state index in [1.54, 1.807) is 42.5 Å². The summed E-state index contributed by atoms with van der Waals surface area (Å²) >= 11 is 8.53. The molecule has 128 valence electrons. The largest absolute Gasteiger partial charge is 0.490 e. The van der Waals surface area contributed by atoms with E-state index in [2.05, 4.69) is 26.6 Å². The highest BCUT2D eigenvalue weighted by atomic mass is 79.9. The van der Waals surface area contributed by atoms with E-state index in [4.69, 9.17) is 22.2 Å². The van der Waals surface area contributed by atoms with Gasteiger partial charge in [-0.1, -0.05) is 22.0 Å². The molecule has 2 aromatic rings. The second-order valence-electron chi connectivity index (χ2n) is 5.41. The van der Waals surface area contributed by atoms with Gasteiger partial charge in [0.05, 0.1) is 23.3 Å². The molecule has 0 bridgehead atoms. The van der Waals surface area contributed by atoms with Crippen molar-refractivity contribution < 1.29 is 9.53 Å². The number of anilines is 1. The lowest BCUT2D eigenvalue weighted by atomic mass is 10.2. The lowest BCUT2D eigenvalue weighted by Gasteiger charge is -2.15. The SMILES string of the molecule is CC(C)Oc1ccc(Br)cc1C(=O)NC(=S)Nc1cccc(C#N)c1. The number of ether oxygens (including phenoxy) is 1. The van der Waals surface area contributed by atoms with Gasteiger partial charge in [-0.05, 0) is 62.5 Å². The van der Waals surface area contributed by atoms with Crippen LogP contribution in [0.3, 0.4) is 0 Å². The highest BCUT2D eigenvalue weighted by Crippen LogP contribution is 2.24. The normalized spacial score (nSPS) is 10.0. The third-order valence-corrected chi connectivity index (χ3v) is 3.72. The Morgan fingerprint density at radius 2 is 2.04 bits per heavy atom. The second kappa shape index (κ2) is 8.60. The Morgan fingerprint density at radius 3 is 2.72 bits per heavy atom. The highest BCUT2D eigenvalue weighted by Gasteiger charge is 2.15. The first-order valence-corrected chi connectivity index (χ1v) is 8.68. The molecule has 0 spiro atoms. The minimum Gasteiger partial charge on any atom is -0.490 e. The maximum atomic E-state index is 12.5. The lowest BCUT2D eigenvalue weighted by molar-refractivity contribution is 0.0972. The number of hydrogen-bond donors (Lipinski definition) is 2. The predicted octanol–water partition coefficient (Wildman–Crippen LogP) is 4.23. The molecule has 0 saturated carbocycles. The van der Waals surface area contributed by atoms with Gasteiger partial charge in [0.2, 0.25) is 0 Å². The number of amides is 1. The average molecular weight is 418 g/mol. The van der Waals surface area contributed by atoms with E-state index in [0.717, 1.165) is 4.47 Å². The van der Waals surface area contributed by atoms with Crippen LogP contribution in [0.4, 0.5) is 5.69 Å². The van der Waals surface area contributed by atoms with Gasteiger partial charge < -0.3 is 10.1 Å². The van der Waals surface area contributed by atoms with Gasteiger partial charge in [0.1, 0.15) is 5.75 Å². The van der Waals surface area contributed by atoms with Gasteiger partial charge in [0.25, 0.3) is 5.91 Å². The van der Waals surface area contributed by atoms with Crippen LogP contribution in [0, 0.1) is 11.3 Å². The number of nitriles is 1. The summed E-state index contributed by atoms with van der Waals surface area (Å²) in [4.78, 5) is 12.5. The standard InChI is InChI=1S/C18H16BrN3O2S/c1-11(2)24-16-7-6-13(19)9-15(16)17(23)22-18(25)21-14-5-3-4-12(8-14)10-20/h3-9,11H,1-2H3,(H2,21,22,23,25). The molecule has 25 heavy (non-hydrogen) atoms.